The molecule has 1 aromatic heterocycles. The maximum atomic E-state index is 5.97. The van der Waals surface area contributed by atoms with Crippen molar-refractivity contribution in [2.45, 2.75) is 58.4 Å². The quantitative estimate of drug-likeness (QED) is 0.905. The molecule has 1 fully saturated rings. The van der Waals surface area contributed by atoms with Gasteiger partial charge in [-0.15, -0.1) is 0 Å². The number of nitrogens with zero attached hydrogens (tertiary/aromatic N) is 3. The van der Waals surface area contributed by atoms with Crippen LogP contribution in [0.1, 0.15) is 57.5 Å². The van der Waals surface area contributed by atoms with Crippen LogP contribution in [0.3, 0.4) is 0 Å². The molecule has 0 radical (unpaired) electrons. The second kappa shape index (κ2) is 6.33. The molecule has 4 nitrogen and oxygen atoms in total. The lowest BCUT2D eigenvalue weighted by Gasteiger charge is -2.31. The van der Waals surface area contributed by atoms with Gasteiger partial charge < -0.3 is 10.6 Å². The molecule has 0 atom stereocenters. The van der Waals surface area contributed by atoms with Crippen molar-refractivity contribution < 1.29 is 0 Å². The molecular formula is C15H26N4. The van der Waals surface area contributed by atoms with Gasteiger partial charge in [0.1, 0.15) is 11.6 Å². The van der Waals surface area contributed by atoms with Gasteiger partial charge in [0.15, 0.2) is 0 Å². The van der Waals surface area contributed by atoms with E-state index in [1.807, 2.05) is 0 Å². The Morgan fingerprint density at radius 2 is 2.00 bits per heavy atom. The lowest BCUT2D eigenvalue weighted by atomic mass is 10.1. The van der Waals surface area contributed by atoms with Crippen molar-refractivity contribution in [3.63, 3.8) is 0 Å². The molecule has 106 valence electrons. The fourth-order valence-corrected chi connectivity index (χ4v) is 2.44. The maximum absolute atomic E-state index is 5.97. The summed E-state index contributed by atoms with van der Waals surface area (Å²) in [6, 6.07) is 2.52. The molecule has 0 amide bonds. The molecule has 0 unspecified atom stereocenters. The molecule has 0 bridgehead atoms. The summed E-state index contributed by atoms with van der Waals surface area (Å²) in [5.74, 6) is 2.44. The van der Waals surface area contributed by atoms with Gasteiger partial charge in [0.05, 0.1) is 0 Å². The first kappa shape index (κ1) is 14.3. The topological polar surface area (TPSA) is 55.0 Å². The van der Waals surface area contributed by atoms with Crippen LogP contribution in [0.15, 0.2) is 6.07 Å². The van der Waals surface area contributed by atoms with Crippen LogP contribution in [0.5, 0.6) is 0 Å². The Labute approximate surface area is 116 Å². The molecule has 2 rings (SSSR count). The van der Waals surface area contributed by atoms with Crippen LogP contribution in [-0.4, -0.2) is 29.1 Å². The molecule has 0 aliphatic carbocycles. The van der Waals surface area contributed by atoms with Gasteiger partial charge in [-0.3, -0.25) is 0 Å². The van der Waals surface area contributed by atoms with Crippen molar-refractivity contribution in [2.24, 2.45) is 5.73 Å². The minimum absolute atomic E-state index is 0.359. The Morgan fingerprint density at radius 3 is 2.58 bits per heavy atom. The van der Waals surface area contributed by atoms with E-state index < -0.39 is 0 Å². The fraction of sp³-hybridized carbons (Fsp3) is 0.733. The van der Waals surface area contributed by atoms with E-state index >= 15 is 0 Å². The summed E-state index contributed by atoms with van der Waals surface area (Å²) in [7, 11) is 0. The zero-order chi connectivity index (χ0) is 13.8. The number of aryl methyl sites for hydroxylation is 1. The van der Waals surface area contributed by atoms with Crippen molar-refractivity contribution in [1.29, 1.82) is 0 Å². The van der Waals surface area contributed by atoms with Gasteiger partial charge in [-0.2, -0.15) is 0 Å². The number of anilines is 1. The molecule has 19 heavy (non-hydrogen) atoms. The van der Waals surface area contributed by atoms with Crippen LogP contribution in [0.2, 0.25) is 0 Å². The Bertz CT molecular complexity index is 409. The zero-order valence-corrected chi connectivity index (χ0v) is 12.4. The van der Waals surface area contributed by atoms with E-state index in [4.69, 9.17) is 10.7 Å². The van der Waals surface area contributed by atoms with Crippen LogP contribution < -0.4 is 10.6 Å². The number of nitrogens with two attached hydrogens (primary N) is 1. The highest BCUT2D eigenvalue weighted by Gasteiger charge is 2.19. The van der Waals surface area contributed by atoms with Crippen molar-refractivity contribution in [1.82, 2.24) is 9.97 Å². The third-order valence-electron chi connectivity index (χ3n) is 3.67. The highest BCUT2D eigenvalue weighted by Crippen LogP contribution is 2.21. The average Bonchev–Trinajstić information content (AvgIpc) is 2.39. The van der Waals surface area contributed by atoms with Crippen LogP contribution in [0, 0.1) is 0 Å². The average molecular weight is 262 g/mol. The molecular weight excluding hydrogens is 236 g/mol. The van der Waals surface area contributed by atoms with Crippen molar-refractivity contribution >= 4 is 5.82 Å². The molecule has 2 heterocycles. The van der Waals surface area contributed by atoms with E-state index in [0.717, 1.165) is 50.4 Å². The summed E-state index contributed by atoms with van der Waals surface area (Å²) in [6.45, 7) is 8.53. The first-order valence-corrected chi connectivity index (χ1v) is 7.48. The molecule has 1 aliphatic rings. The first-order valence-electron chi connectivity index (χ1n) is 7.48. The second-order valence-corrected chi connectivity index (χ2v) is 5.80. The Balaban J connectivity index is 2.23. The number of hydrogen-bond donors (Lipinski definition) is 1. The van der Waals surface area contributed by atoms with E-state index in [2.05, 4.69) is 36.7 Å². The minimum atomic E-state index is 0.359. The monoisotopic (exact) mass is 262 g/mol. The number of rotatable bonds is 4. The normalized spacial score (nSPS) is 17.2. The van der Waals surface area contributed by atoms with Gasteiger partial charge in [-0.05, 0) is 19.3 Å². The third kappa shape index (κ3) is 3.66. The van der Waals surface area contributed by atoms with Crippen LogP contribution in [-0.2, 0) is 6.42 Å². The van der Waals surface area contributed by atoms with Gasteiger partial charge in [-0.25, -0.2) is 9.97 Å². The molecule has 1 saturated heterocycles. The van der Waals surface area contributed by atoms with Crippen molar-refractivity contribution in [2.75, 3.05) is 18.0 Å². The summed E-state index contributed by atoms with van der Waals surface area (Å²) in [6.07, 6.45) is 4.27. The lowest BCUT2D eigenvalue weighted by Crippen LogP contribution is -2.40. The summed E-state index contributed by atoms with van der Waals surface area (Å²) >= 11 is 0. The molecule has 2 N–H and O–H groups in total. The smallest absolute Gasteiger partial charge is 0.133 e. The molecule has 1 aromatic rings. The van der Waals surface area contributed by atoms with Gasteiger partial charge in [0, 0.05) is 36.8 Å². The molecule has 4 heteroatoms. The zero-order valence-electron chi connectivity index (χ0n) is 12.4. The molecule has 0 saturated carbocycles. The molecule has 1 aliphatic heterocycles. The predicted molar refractivity (Wildman–Crippen MR) is 79.5 cm³/mol. The lowest BCUT2D eigenvalue weighted by molar-refractivity contribution is 0.497. The van der Waals surface area contributed by atoms with Gasteiger partial charge in [-0.1, -0.05) is 27.2 Å². The predicted octanol–water partition coefficient (Wildman–Crippen LogP) is 2.48. The third-order valence-corrected chi connectivity index (χ3v) is 3.67. The minimum Gasteiger partial charge on any atom is -0.356 e. The largest absolute Gasteiger partial charge is 0.356 e. The second-order valence-electron chi connectivity index (χ2n) is 5.80. The standard InChI is InChI=1S/C15H26N4/c1-4-5-13-10-14(18-15(17-13)11(2)3)19-8-6-12(16)7-9-19/h10-12H,4-9,16H2,1-3H3. The van der Waals surface area contributed by atoms with Crippen LogP contribution in [0.4, 0.5) is 5.82 Å². The SMILES string of the molecule is CCCc1cc(N2CCC(N)CC2)nc(C(C)C)n1. The van der Waals surface area contributed by atoms with Crippen molar-refractivity contribution in [3.05, 3.63) is 17.6 Å². The van der Waals surface area contributed by atoms with Crippen LogP contribution >= 0.6 is 0 Å². The van der Waals surface area contributed by atoms with E-state index in [-0.39, 0.29) is 0 Å². The summed E-state index contributed by atoms with van der Waals surface area (Å²) in [5, 5.41) is 0. The summed E-state index contributed by atoms with van der Waals surface area (Å²) in [4.78, 5) is 11.8. The maximum Gasteiger partial charge on any atom is 0.133 e. The summed E-state index contributed by atoms with van der Waals surface area (Å²) in [5.41, 5.74) is 7.14. The highest BCUT2D eigenvalue weighted by atomic mass is 15.2. The number of hydrogen-bond acceptors (Lipinski definition) is 4. The number of piperidine rings is 1. The van der Waals surface area contributed by atoms with E-state index in [1.165, 1.54) is 5.69 Å². The Morgan fingerprint density at radius 1 is 1.32 bits per heavy atom. The molecule has 0 spiro atoms. The Kier molecular flexibility index (Phi) is 4.75. The van der Waals surface area contributed by atoms with Gasteiger partial charge in [0.25, 0.3) is 0 Å². The van der Waals surface area contributed by atoms with E-state index in [1.54, 1.807) is 0 Å². The highest BCUT2D eigenvalue weighted by molar-refractivity contribution is 5.41. The van der Waals surface area contributed by atoms with E-state index in [0.29, 0.717) is 12.0 Å². The van der Waals surface area contributed by atoms with Gasteiger partial charge >= 0.3 is 0 Å². The van der Waals surface area contributed by atoms with Gasteiger partial charge in [0.2, 0.25) is 0 Å². The van der Waals surface area contributed by atoms with Crippen LogP contribution in [0.25, 0.3) is 0 Å². The fourth-order valence-electron chi connectivity index (χ4n) is 2.44. The first-order chi connectivity index (χ1) is 9.10. The number of aromatic nitrogens is 2. The summed E-state index contributed by atoms with van der Waals surface area (Å²) < 4.78 is 0. The molecule has 0 aromatic carbocycles. The Hall–Kier alpha value is -1.16. The van der Waals surface area contributed by atoms with Crippen molar-refractivity contribution in [3.8, 4) is 0 Å². The van der Waals surface area contributed by atoms with E-state index in [9.17, 15) is 0 Å².